The Morgan fingerprint density at radius 2 is 1.83 bits per heavy atom. The third-order valence-corrected chi connectivity index (χ3v) is 4.14. The van der Waals surface area contributed by atoms with Crippen molar-refractivity contribution >= 4 is 40.9 Å². The number of carbonyl (C=O) groups excluding carboxylic acids is 2. The van der Waals surface area contributed by atoms with Gasteiger partial charge in [-0.25, -0.2) is 4.79 Å². The molecular formula is C17H16ClNO3S. The Balaban J connectivity index is 1.97. The van der Waals surface area contributed by atoms with Gasteiger partial charge in [-0.2, -0.15) is 0 Å². The molecule has 2 rings (SSSR count). The zero-order valence-electron chi connectivity index (χ0n) is 12.5. The highest BCUT2D eigenvalue weighted by atomic mass is 35.5. The molecule has 0 aliphatic heterocycles. The van der Waals surface area contributed by atoms with E-state index in [4.69, 9.17) is 16.3 Å². The zero-order valence-corrected chi connectivity index (χ0v) is 14.1. The summed E-state index contributed by atoms with van der Waals surface area (Å²) in [6.45, 7) is 2.02. The highest BCUT2D eigenvalue weighted by Crippen LogP contribution is 2.21. The summed E-state index contributed by atoms with van der Waals surface area (Å²) in [6.07, 6.45) is 0. The number of thioether (sulfide) groups is 1. The van der Waals surface area contributed by atoms with Crippen LogP contribution in [-0.4, -0.2) is 24.2 Å². The van der Waals surface area contributed by atoms with Gasteiger partial charge in [0.05, 0.1) is 23.6 Å². The van der Waals surface area contributed by atoms with E-state index in [0.29, 0.717) is 16.3 Å². The fraction of sp³-hybridized carbons (Fsp3) is 0.176. The van der Waals surface area contributed by atoms with E-state index in [1.54, 1.807) is 43.3 Å². The second-order valence-electron chi connectivity index (χ2n) is 4.56. The van der Waals surface area contributed by atoms with E-state index in [1.807, 2.05) is 12.1 Å². The van der Waals surface area contributed by atoms with Crippen LogP contribution in [0.15, 0.2) is 53.4 Å². The first kappa shape index (κ1) is 17.4. The number of rotatable bonds is 6. The van der Waals surface area contributed by atoms with Gasteiger partial charge in [0.1, 0.15) is 0 Å². The standard InChI is InChI=1S/C17H16ClNO3S/c1-2-22-17(21)14-5-3-4-6-15(14)19-16(20)11-23-13-9-7-12(18)8-10-13/h3-10H,2,11H2,1H3,(H,19,20). The summed E-state index contributed by atoms with van der Waals surface area (Å²) in [5.41, 5.74) is 0.798. The molecule has 23 heavy (non-hydrogen) atoms. The molecule has 0 saturated carbocycles. The number of amides is 1. The average Bonchev–Trinajstić information content (AvgIpc) is 2.55. The number of anilines is 1. The normalized spacial score (nSPS) is 10.2. The summed E-state index contributed by atoms with van der Waals surface area (Å²) >= 11 is 7.22. The number of ether oxygens (including phenoxy) is 1. The van der Waals surface area contributed by atoms with Gasteiger partial charge < -0.3 is 10.1 Å². The molecule has 0 radical (unpaired) electrons. The summed E-state index contributed by atoms with van der Waals surface area (Å²) in [5, 5.41) is 3.40. The number of hydrogen-bond acceptors (Lipinski definition) is 4. The molecule has 6 heteroatoms. The number of esters is 1. The molecule has 2 aromatic rings. The highest BCUT2D eigenvalue weighted by molar-refractivity contribution is 8.00. The SMILES string of the molecule is CCOC(=O)c1ccccc1NC(=O)CSc1ccc(Cl)cc1. The third-order valence-electron chi connectivity index (χ3n) is 2.88. The number of para-hydroxylation sites is 1. The highest BCUT2D eigenvalue weighted by Gasteiger charge is 2.13. The van der Waals surface area contributed by atoms with Crippen LogP contribution >= 0.6 is 23.4 Å². The van der Waals surface area contributed by atoms with E-state index >= 15 is 0 Å². The van der Waals surface area contributed by atoms with Crippen LogP contribution in [0.1, 0.15) is 17.3 Å². The monoisotopic (exact) mass is 349 g/mol. The zero-order chi connectivity index (χ0) is 16.7. The van der Waals surface area contributed by atoms with Gasteiger partial charge in [-0.3, -0.25) is 4.79 Å². The largest absolute Gasteiger partial charge is 0.462 e. The summed E-state index contributed by atoms with van der Waals surface area (Å²) in [7, 11) is 0. The van der Waals surface area contributed by atoms with Crippen LogP contribution in [0.4, 0.5) is 5.69 Å². The van der Waals surface area contributed by atoms with Crippen LogP contribution in [0, 0.1) is 0 Å². The Hall–Kier alpha value is -1.98. The quantitative estimate of drug-likeness (QED) is 0.625. The maximum Gasteiger partial charge on any atom is 0.340 e. The van der Waals surface area contributed by atoms with Crippen molar-refractivity contribution in [1.29, 1.82) is 0 Å². The van der Waals surface area contributed by atoms with E-state index in [-0.39, 0.29) is 18.3 Å². The van der Waals surface area contributed by atoms with Crippen molar-refractivity contribution in [2.24, 2.45) is 0 Å². The molecule has 0 atom stereocenters. The smallest absolute Gasteiger partial charge is 0.340 e. The van der Waals surface area contributed by atoms with Crippen molar-refractivity contribution in [2.45, 2.75) is 11.8 Å². The lowest BCUT2D eigenvalue weighted by atomic mass is 10.2. The van der Waals surface area contributed by atoms with Crippen LogP contribution < -0.4 is 5.32 Å². The van der Waals surface area contributed by atoms with Gasteiger partial charge in [-0.15, -0.1) is 11.8 Å². The minimum atomic E-state index is -0.450. The first-order valence-corrected chi connectivity index (χ1v) is 8.41. The molecule has 2 aromatic carbocycles. The molecule has 0 heterocycles. The molecular weight excluding hydrogens is 334 g/mol. The Kier molecular flexibility index (Phi) is 6.50. The molecule has 1 amide bonds. The summed E-state index contributed by atoms with van der Waals surface area (Å²) in [5.74, 6) is -0.408. The Bertz CT molecular complexity index is 688. The maximum atomic E-state index is 12.1. The van der Waals surface area contributed by atoms with E-state index < -0.39 is 5.97 Å². The first-order valence-electron chi connectivity index (χ1n) is 7.04. The fourth-order valence-electron chi connectivity index (χ4n) is 1.84. The van der Waals surface area contributed by atoms with Gasteiger partial charge in [0.25, 0.3) is 0 Å². The molecule has 0 aliphatic rings. The van der Waals surface area contributed by atoms with E-state index in [1.165, 1.54) is 11.8 Å². The molecule has 0 bridgehead atoms. The van der Waals surface area contributed by atoms with Gasteiger partial charge in [0, 0.05) is 9.92 Å². The topological polar surface area (TPSA) is 55.4 Å². The summed E-state index contributed by atoms with van der Waals surface area (Å²) in [4.78, 5) is 24.9. The number of nitrogens with one attached hydrogen (secondary N) is 1. The predicted octanol–water partition coefficient (Wildman–Crippen LogP) is 4.25. The molecule has 0 aliphatic carbocycles. The molecule has 120 valence electrons. The van der Waals surface area contributed by atoms with Crippen LogP contribution in [-0.2, 0) is 9.53 Å². The van der Waals surface area contributed by atoms with Gasteiger partial charge in [-0.1, -0.05) is 23.7 Å². The third kappa shape index (κ3) is 5.30. The second kappa shape index (κ2) is 8.60. The minimum absolute atomic E-state index is 0.193. The molecule has 1 N–H and O–H groups in total. The first-order chi connectivity index (χ1) is 11.1. The maximum absolute atomic E-state index is 12.1. The number of halogens is 1. The van der Waals surface area contributed by atoms with Crippen molar-refractivity contribution in [1.82, 2.24) is 0 Å². The fourth-order valence-corrected chi connectivity index (χ4v) is 2.67. The van der Waals surface area contributed by atoms with Gasteiger partial charge in [-0.05, 0) is 43.3 Å². The van der Waals surface area contributed by atoms with Crippen molar-refractivity contribution in [2.75, 3.05) is 17.7 Å². The predicted molar refractivity (Wildman–Crippen MR) is 93.2 cm³/mol. The van der Waals surface area contributed by atoms with E-state index in [9.17, 15) is 9.59 Å². The van der Waals surface area contributed by atoms with Gasteiger partial charge in [0.15, 0.2) is 0 Å². The Labute approximate surface area is 144 Å². The number of hydrogen-bond donors (Lipinski definition) is 1. The van der Waals surface area contributed by atoms with E-state index in [2.05, 4.69) is 5.32 Å². The second-order valence-corrected chi connectivity index (χ2v) is 6.04. The van der Waals surface area contributed by atoms with E-state index in [0.717, 1.165) is 4.90 Å². The molecule has 0 aromatic heterocycles. The lowest BCUT2D eigenvalue weighted by Crippen LogP contribution is -2.17. The molecule has 4 nitrogen and oxygen atoms in total. The van der Waals surface area contributed by atoms with Gasteiger partial charge >= 0.3 is 5.97 Å². The van der Waals surface area contributed by atoms with Crippen molar-refractivity contribution in [3.05, 3.63) is 59.1 Å². The lowest BCUT2D eigenvalue weighted by molar-refractivity contribution is -0.113. The molecule has 0 fully saturated rings. The Morgan fingerprint density at radius 3 is 2.52 bits per heavy atom. The van der Waals surface area contributed by atoms with Gasteiger partial charge in [0.2, 0.25) is 5.91 Å². The summed E-state index contributed by atoms with van der Waals surface area (Å²) < 4.78 is 4.98. The van der Waals surface area contributed by atoms with Crippen molar-refractivity contribution < 1.29 is 14.3 Å². The van der Waals surface area contributed by atoms with Crippen molar-refractivity contribution in [3.63, 3.8) is 0 Å². The Morgan fingerprint density at radius 1 is 1.13 bits per heavy atom. The minimum Gasteiger partial charge on any atom is -0.462 e. The number of carbonyl (C=O) groups is 2. The average molecular weight is 350 g/mol. The van der Waals surface area contributed by atoms with Crippen LogP contribution in [0.3, 0.4) is 0 Å². The molecule has 0 saturated heterocycles. The number of benzene rings is 2. The van der Waals surface area contributed by atoms with Crippen LogP contribution in [0.2, 0.25) is 5.02 Å². The van der Waals surface area contributed by atoms with Crippen molar-refractivity contribution in [3.8, 4) is 0 Å². The molecule has 0 unspecified atom stereocenters. The van der Waals surface area contributed by atoms with Crippen LogP contribution in [0.25, 0.3) is 0 Å². The summed E-state index contributed by atoms with van der Waals surface area (Å²) in [6, 6.07) is 14.0. The lowest BCUT2D eigenvalue weighted by Gasteiger charge is -2.10. The van der Waals surface area contributed by atoms with Crippen LogP contribution in [0.5, 0.6) is 0 Å². The molecule has 0 spiro atoms.